The van der Waals surface area contributed by atoms with Gasteiger partial charge in [-0.1, -0.05) is 41.5 Å². The van der Waals surface area contributed by atoms with Crippen LogP contribution in [-0.4, -0.2) is 24.3 Å². The van der Waals surface area contributed by atoms with Crippen LogP contribution in [0.15, 0.2) is 4.99 Å². The van der Waals surface area contributed by atoms with Crippen LogP contribution in [0.5, 0.6) is 0 Å². The van der Waals surface area contributed by atoms with Crippen LogP contribution < -0.4 is 17.2 Å². The van der Waals surface area contributed by atoms with Gasteiger partial charge >= 0.3 is 0 Å². The third-order valence-corrected chi connectivity index (χ3v) is 1.67. The third-order valence-electron chi connectivity index (χ3n) is 1.67. The quantitative estimate of drug-likeness (QED) is 0.501. The average molecular weight is 246 g/mol. The van der Waals surface area contributed by atoms with Crippen molar-refractivity contribution >= 4 is 11.7 Å². The summed E-state index contributed by atoms with van der Waals surface area (Å²) < 4.78 is 0. The van der Waals surface area contributed by atoms with E-state index in [-0.39, 0.29) is 17.7 Å². The van der Waals surface area contributed by atoms with Crippen LogP contribution in [0.3, 0.4) is 0 Å². The number of aliphatic imine (C=N–C) groups is 1. The molecular formula is C12H30N4O. The first-order valence-electron chi connectivity index (χ1n) is 6.29. The number of rotatable bonds is 5. The summed E-state index contributed by atoms with van der Waals surface area (Å²) in [6.07, 6.45) is 0.495. The molecule has 5 nitrogen and oxygen atoms in total. The van der Waals surface area contributed by atoms with Crippen LogP contribution in [0.2, 0.25) is 0 Å². The molecule has 0 amide bonds. The highest BCUT2D eigenvalue weighted by Gasteiger charge is 2.15. The Labute approximate surface area is 106 Å². The van der Waals surface area contributed by atoms with Gasteiger partial charge in [0, 0.05) is 12.5 Å². The minimum atomic E-state index is -0.455. The number of hydrogen-bond donors (Lipinski definition) is 3. The topological polar surface area (TPSA) is 107 Å². The molecule has 0 spiro atoms. The first-order chi connectivity index (χ1) is 7.95. The predicted molar refractivity (Wildman–Crippen MR) is 75.8 cm³/mol. The summed E-state index contributed by atoms with van der Waals surface area (Å²) in [4.78, 5) is 15.0. The van der Waals surface area contributed by atoms with Crippen LogP contribution in [-0.2, 0) is 4.79 Å². The summed E-state index contributed by atoms with van der Waals surface area (Å²) in [6, 6.07) is -0.455. The normalized spacial score (nSPS) is 10.4. The van der Waals surface area contributed by atoms with Crippen molar-refractivity contribution in [3.63, 3.8) is 0 Å². The second-order valence-electron chi connectivity index (χ2n) is 3.26. The Balaban J connectivity index is -0.000000439. The molecule has 0 aromatic carbocycles. The van der Waals surface area contributed by atoms with Crippen LogP contribution in [0, 0.1) is 5.92 Å². The van der Waals surface area contributed by atoms with Gasteiger partial charge in [0.15, 0.2) is 11.7 Å². The van der Waals surface area contributed by atoms with Crippen molar-refractivity contribution in [1.29, 1.82) is 0 Å². The van der Waals surface area contributed by atoms with Crippen LogP contribution >= 0.6 is 0 Å². The first-order valence-corrected chi connectivity index (χ1v) is 6.29. The van der Waals surface area contributed by atoms with Gasteiger partial charge in [0.25, 0.3) is 0 Å². The average Bonchev–Trinajstić information content (AvgIpc) is 2.32. The smallest absolute Gasteiger partial charge is 0.185 e. The maximum Gasteiger partial charge on any atom is 0.185 e. The van der Waals surface area contributed by atoms with Gasteiger partial charge in [-0.15, -0.1) is 0 Å². The zero-order valence-corrected chi connectivity index (χ0v) is 12.2. The highest BCUT2D eigenvalue weighted by atomic mass is 16.1. The molecular weight excluding hydrogens is 216 g/mol. The Morgan fingerprint density at radius 2 is 1.53 bits per heavy atom. The van der Waals surface area contributed by atoms with Crippen molar-refractivity contribution < 1.29 is 4.79 Å². The molecule has 0 saturated carbocycles. The van der Waals surface area contributed by atoms with E-state index in [4.69, 9.17) is 17.2 Å². The molecule has 0 saturated heterocycles. The number of guanidine groups is 1. The van der Waals surface area contributed by atoms with Gasteiger partial charge in [-0.25, -0.2) is 0 Å². The highest BCUT2D eigenvalue weighted by Crippen LogP contribution is 2.01. The molecule has 0 aromatic rings. The number of hydrogen-bond acceptors (Lipinski definition) is 3. The number of nitrogens with zero attached hydrogens (tertiary/aromatic N) is 1. The SMILES string of the molecule is CC.CC.CC(C)C(=O)C(N)CCN=C(N)N. The lowest BCUT2D eigenvalue weighted by Gasteiger charge is -2.11. The summed E-state index contributed by atoms with van der Waals surface area (Å²) in [7, 11) is 0. The lowest BCUT2D eigenvalue weighted by atomic mass is 10.0. The maximum atomic E-state index is 11.3. The molecule has 0 radical (unpaired) electrons. The zero-order valence-electron chi connectivity index (χ0n) is 12.2. The maximum absolute atomic E-state index is 11.3. The lowest BCUT2D eigenvalue weighted by molar-refractivity contribution is -0.123. The number of carbonyl (C=O) groups excluding carboxylic acids is 1. The summed E-state index contributed by atoms with van der Waals surface area (Å²) in [5.41, 5.74) is 15.8. The van der Waals surface area contributed by atoms with E-state index in [9.17, 15) is 4.79 Å². The molecule has 17 heavy (non-hydrogen) atoms. The fourth-order valence-electron chi connectivity index (χ4n) is 0.903. The molecule has 0 aliphatic carbocycles. The van der Waals surface area contributed by atoms with Crippen LogP contribution in [0.1, 0.15) is 48.0 Å². The minimum absolute atomic E-state index is 0.0317. The van der Waals surface area contributed by atoms with Gasteiger partial charge in [0.05, 0.1) is 6.04 Å². The second kappa shape index (κ2) is 14.9. The largest absolute Gasteiger partial charge is 0.370 e. The van der Waals surface area contributed by atoms with Crippen molar-refractivity contribution in [2.45, 2.75) is 54.0 Å². The Kier molecular flexibility index (Phi) is 18.6. The van der Waals surface area contributed by atoms with E-state index in [1.807, 2.05) is 41.5 Å². The van der Waals surface area contributed by atoms with E-state index in [1.54, 1.807) is 0 Å². The molecule has 0 fully saturated rings. The zero-order chi connectivity index (χ0) is 14.4. The molecule has 1 atom stereocenters. The van der Waals surface area contributed by atoms with Gasteiger partial charge in [0.2, 0.25) is 0 Å². The Morgan fingerprint density at radius 1 is 1.12 bits per heavy atom. The lowest BCUT2D eigenvalue weighted by Crippen LogP contribution is -2.34. The third kappa shape index (κ3) is 14.9. The van der Waals surface area contributed by atoms with Crippen molar-refractivity contribution in [2.75, 3.05) is 6.54 Å². The predicted octanol–water partition coefficient (Wildman–Crippen LogP) is 1.25. The first kappa shape index (κ1) is 21.2. The van der Waals surface area contributed by atoms with Crippen molar-refractivity contribution in [1.82, 2.24) is 0 Å². The van der Waals surface area contributed by atoms with E-state index in [0.717, 1.165) is 0 Å². The van der Waals surface area contributed by atoms with Crippen LogP contribution in [0.25, 0.3) is 0 Å². The molecule has 0 aromatic heterocycles. The molecule has 6 N–H and O–H groups in total. The fraction of sp³-hybridized carbons (Fsp3) is 0.833. The van der Waals surface area contributed by atoms with Gasteiger partial charge in [-0.2, -0.15) is 0 Å². The van der Waals surface area contributed by atoms with Gasteiger partial charge in [-0.3, -0.25) is 9.79 Å². The Morgan fingerprint density at radius 3 is 1.82 bits per heavy atom. The molecule has 0 aliphatic heterocycles. The molecule has 104 valence electrons. The van der Waals surface area contributed by atoms with E-state index < -0.39 is 6.04 Å². The van der Waals surface area contributed by atoms with Crippen molar-refractivity contribution in [2.24, 2.45) is 28.1 Å². The molecule has 0 aliphatic rings. The van der Waals surface area contributed by atoms with Crippen molar-refractivity contribution in [3.05, 3.63) is 0 Å². The standard InChI is InChI=1S/C8H18N4O.2C2H6/c1-5(2)7(13)6(9)3-4-12-8(10)11;2*1-2/h5-6H,3-4,9H2,1-2H3,(H4,10,11,12);2*1-2H3. The number of Topliss-reactive ketones (excluding diaryl/α,β-unsaturated/α-hetero) is 1. The molecule has 1 unspecified atom stereocenters. The minimum Gasteiger partial charge on any atom is -0.370 e. The molecule has 0 heterocycles. The Hall–Kier alpha value is -1.10. The van der Waals surface area contributed by atoms with E-state index >= 15 is 0 Å². The number of nitrogens with two attached hydrogens (primary N) is 3. The number of ketones is 1. The summed E-state index contributed by atoms with van der Waals surface area (Å²) in [6.45, 7) is 12.0. The van der Waals surface area contributed by atoms with Crippen molar-refractivity contribution in [3.8, 4) is 0 Å². The molecule has 0 bridgehead atoms. The van der Waals surface area contributed by atoms with Crippen LogP contribution in [0.4, 0.5) is 0 Å². The van der Waals surface area contributed by atoms with E-state index in [1.165, 1.54) is 0 Å². The molecule has 0 rings (SSSR count). The second-order valence-corrected chi connectivity index (χ2v) is 3.26. The summed E-state index contributed by atoms with van der Waals surface area (Å²) in [5, 5.41) is 0. The monoisotopic (exact) mass is 246 g/mol. The van der Waals surface area contributed by atoms with E-state index in [2.05, 4.69) is 4.99 Å². The fourth-order valence-corrected chi connectivity index (χ4v) is 0.903. The highest BCUT2D eigenvalue weighted by molar-refractivity contribution is 5.85. The Bertz CT molecular complexity index is 199. The van der Waals surface area contributed by atoms with Gasteiger partial charge in [0.1, 0.15) is 0 Å². The van der Waals surface area contributed by atoms with E-state index in [0.29, 0.717) is 13.0 Å². The number of carbonyl (C=O) groups is 1. The van der Waals surface area contributed by atoms with Gasteiger partial charge in [-0.05, 0) is 6.42 Å². The summed E-state index contributed by atoms with van der Waals surface area (Å²) >= 11 is 0. The van der Waals surface area contributed by atoms with Gasteiger partial charge < -0.3 is 17.2 Å². The summed E-state index contributed by atoms with van der Waals surface area (Å²) in [5.74, 6) is 0.0455. The molecule has 5 heteroatoms.